The SMILES string of the molecule is CN(C(=O)COc1ccc(F)cc1)[C@H]1COC[C@@H]1O. The zero-order valence-corrected chi connectivity index (χ0v) is 10.6. The molecule has 0 unspecified atom stereocenters. The first kappa shape index (κ1) is 13.8. The van der Waals surface area contributed by atoms with E-state index in [4.69, 9.17) is 9.47 Å². The van der Waals surface area contributed by atoms with Crippen LogP contribution in [0.2, 0.25) is 0 Å². The minimum absolute atomic E-state index is 0.161. The third kappa shape index (κ3) is 3.42. The van der Waals surface area contributed by atoms with Crippen molar-refractivity contribution in [1.29, 1.82) is 0 Å². The summed E-state index contributed by atoms with van der Waals surface area (Å²) < 4.78 is 23.0. The second-order valence-corrected chi connectivity index (χ2v) is 4.42. The summed E-state index contributed by atoms with van der Waals surface area (Å²) in [6, 6.07) is 5.09. The summed E-state index contributed by atoms with van der Waals surface area (Å²) in [5.41, 5.74) is 0. The standard InChI is InChI=1S/C13H16FNO4/c1-15(11-6-18-7-12(11)16)13(17)8-19-10-4-2-9(14)3-5-10/h2-5,11-12,16H,6-8H2,1H3/t11-,12-/m0/s1. The number of halogens is 1. The van der Waals surface area contributed by atoms with Crippen LogP contribution in [0, 0.1) is 5.82 Å². The molecule has 104 valence electrons. The van der Waals surface area contributed by atoms with Gasteiger partial charge in [0, 0.05) is 7.05 Å². The van der Waals surface area contributed by atoms with Gasteiger partial charge in [0.15, 0.2) is 6.61 Å². The van der Waals surface area contributed by atoms with Crippen molar-refractivity contribution in [2.45, 2.75) is 12.1 Å². The van der Waals surface area contributed by atoms with Gasteiger partial charge >= 0.3 is 0 Å². The molecule has 1 aliphatic heterocycles. The number of amides is 1. The first-order chi connectivity index (χ1) is 9.08. The average molecular weight is 269 g/mol. The van der Waals surface area contributed by atoms with Crippen molar-refractivity contribution in [3.63, 3.8) is 0 Å². The van der Waals surface area contributed by atoms with Crippen LogP contribution in [-0.4, -0.2) is 54.9 Å². The van der Waals surface area contributed by atoms with E-state index in [0.29, 0.717) is 12.4 Å². The third-order valence-corrected chi connectivity index (χ3v) is 3.09. The number of likely N-dealkylation sites (N-methyl/N-ethyl adjacent to an activating group) is 1. The van der Waals surface area contributed by atoms with Crippen molar-refractivity contribution in [3.8, 4) is 5.75 Å². The Labute approximate surface area is 110 Å². The highest BCUT2D eigenvalue weighted by Crippen LogP contribution is 2.14. The normalized spacial score (nSPS) is 22.3. The number of nitrogens with zero attached hydrogens (tertiary/aromatic N) is 1. The topological polar surface area (TPSA) is 59.0 Å². The zero-order chi connectivity index (χ0) is 13.8. The van der Waals surface area contributed by atoms with Crippen molar-refractivity contribution in [2.24, 2.45) is 0 Å². The van der Waals surface area contributed by atoms with Crippen molar-refractivity contribution in [3.05, 3.63) is 30.1 Å². The van der Waals surface area contributed by atoms with Gasteiger partial charge in [-0.25, -0.2) is 4.39 Å². The fraction of sp³-hybridized carbons (Fsp3) is 0.462. The maximum atomic E-state index is 12.7. The summed E-state index contributed by atoms with van der Waals surface area (Å²) in [4.78, 5) is 13.3. The van der Waals surface area contributed by atoms with Crippen molar-refractivity contribution < 1.29 is 23.8 Å². The lowest BCUT2D eigenvalue weighted by Gasteiger charge is -2.25. The van der Waals surface area contributed by atoms with Gasteiger partial charge in [-0.15, -0.1) is 0 Å². The van der Waals surface area contributed by atoms with Crippen LogP contribution in [0.15, 0.2) is 24.3 Å². The largest absolute Gasteiger partial charge is 0.484 e. The van der Waals surface area contributed by atoms with Crippen LogP contribution < -0.4 is 4.74 Å². The predicted octanol–water partition coefficient (Wildman–Crippen LogP) is 0.423. The quantitative estimate of drug-likeness (QED) is 0.861. The Balaban J connectivity index is 1.85. The molecule has 1 aliphatic rings. The van der Waals surface area contributed by atoms with E-state index in [1.165, 1.54) is 29.2 Å². The zero-order valence-electron chi connectivity index (χ0n) is 10.6. The van der Waals surface area contributed by atoms with Gasteiger partial charge in [0.25, 0.3) is 5.91 Å². The van der Waals surface area contributed by atoms with Crippen molar-refractivity contribution in [1.82, 2.24) is 4.90 Å². The molecule has 0 saturated carbocycles. The van der Waals surface area contributed by atoms with Gasteiger partial charge < -0.3 is 19.5 Å². The summed E-state index contributed by atoms with van der Waals surface area (Å²) in [5, 5.41) is 9.62. The second kappa shape index (κ2) is 5.99. The van der Waals surface area contributed by atoms with Crippen LogP contribution in [0.1, 0.15) is 0 Å². The maximum Gasteiger partial charge on any atom is 0.260 e. The first-order valence-corrected chi connectivity index (χ1v) is 5.98. The Kier molecular flexibility index (Phi) is 4.34. The minimum Gasteiger partial charge on any atom is -0.484 e. The third-order valence-electron chi connectivity index (χ3n) is 3.09. The molecule has 1 heterocycles. The van der Waals surface area contributed by atoms with E-state index in [2.05, 4.69) is 0 Å². The van der Waals surface area contributed by atoms with Gasteiger partial charge in [0.1, 0.15) is 11.6 Å². The number of ether oxygens (including phenoxy) is 2. The van der Waals surface area contributed by atoms with Gasteiger partial charge in [0.2, 0.25) is 0 Å². The number of rotatable bonds is 4. The number of carbonyl (C=O) groups is 1. The molecular formula is C13H16FNO4. The molecule has 19 heavy (non-hydrogen) atoms. The van der Waals surface area contributed by atoms with Crippen LogP contribution in [-0.2, 0) is 9.53 Å². The highest BCUT2D eigenvalue weighted by molar-refractivity contribution is 5.78. The molecule has 1 fully saturated rings. The van der Waals surface area contributed by atoms with Crippen LogP contribution in [0.3, 0.4) is 0 Å². The molecule has 0 spiro atoms. The average Bonchev–Trinajstić information content (AvgIpc) is 2.83. The van der Waals surface area contributed by atoms with E-state index >= 15 is 0 Å². The lowest BCUT2D eigenvalue weighted by molar-refractivity contribution is -0.135. The Hall–Kier alpha value is -1.66. The van der Waals surface area contributed by atoms with E-state index < -0.39 is 6.10 Å². The Morgan fingerprint density at radius 3 is 2.74 bits per heavy atom. The van der Waals surface area contributed by atoms with Gasteiger partial charge in [-0.1, -0.05) is 0 Å². The molecule has 0 aliphatic carbocycles. The highest BCUT2D eigenvalue weighted by Gasteiger charge is 2.32. The summed E-state index contributed by atoms with van der Waals surface area (Å²) in [5.74, 6) is -0.202. The van der Waals surface area contributed by atoms with E-state index in [9.17, 15) is 14.3 Å². The van der Waals surface area contributed by atoms with Crippen LogP contribution in [0.5, 0.6) is 5.75 Å². The number of aliphatic hydroxyl groups excluding tert-OH is 1. The van der Waals surface area contributed by atoms with Crippen molar-refractivity contribution >= 4 is 5.91 Å². The molecule has 0 radical (unpaired) electrons. The van der Waals surface area contributed by atoms with Crippen molar-refractivity contribution in [2.75, 3.05) is 26.9 Å². The number of carbonyl (C=O) groups excluding carboxylic acids is 1. The molecular weight excluding hydrogens is 253 g/mol. The molecule has 2 atom stereocenters. The molecule has 0 bridgehead atoms. The minimum atomic E-state index is -0.667. The number of hydrogen-bond donors (Lipinski definition) is 1. The molecule has 0 aromatic heterocycles. The molecule has 2 rings (SSSR count). The molecule has 1 saturated heterocycles. The Morgan fingerprint density at radius 2 is 2.16 bits per heavy atom. The highest BCUT2D eigenvalue weighted by atomic mass is 19.1. The summed E-state index contributed by atoms with van der Waals surface area (Å²) >= 11 is 0. The van der Waals surface area contributed by atoms with Gasteiger partial charge in [-0.05, 0) is 24.3 Å². The van der Waals surface area contributed by atoms with E-state index in [0.717, 1.165) is 0 Å². The van der Waals surface area contributed by atoms with E-state index in [1.807, 2.05) is 0 Å². The summed E-state index contributed by atoms with van der Waals surface area (Å²) in [6.07, 6.45) is -0.667. The molecule has 1 N–H and O–H groups in total. The molecule has 1 amide bonds. The molecule has 1 aromatic carbocycles. The fourth-order valence-electron chi connectivity index (χ4n) is 1.86. The fourth-order valence-corrected chi connectivity index (χ4v) is 1.86. The summed E-state index contributed by atoms with van der Waals surface area (Å²) in [6.45, 7) is 0.395. The van der Waals surface area contributed by atoms with E-state index in [-0.39, 0.29) is 31.0 Å². The number of benzene rings is 1. The second-order valence-electron chi connectivity index (χ2n) is 4.42. The van der Waals surface area contributed by atoms with Crippen LogP contribution >= 0.6 is 0 Å². The van der Waals surface area contributed by atoms with Crippen LogP contribution in [0.25, 0.3) is 0 Å². The predicted molar refractivity (Wildman–Crippen MR) is 65.3 cm³/mol. The van der Waals surface area contributed by atoms with E-state index in [1.54, 1.807) is 7.05 Å². The van der Waals surface area contributed by atoms with Gasteiger partial charge in [-0.2, -0.15) is 0 Å². The van der Waals surface area contributed by atoms with Gasteiger partial charge in [-0.3, -0.25) is 4.79 Å². The van der Waals surface area contributed by atoms with Gasteiger partial charge in [0.05, 0.1) is 25.4 Å². The monoisotopic (exact) mass is 269 g/mol. The molecule has 5 nitrogen and oxygen atoms in total. The lowest BCUT2D eigenvalue weighted by atomic mass is 10.2. The lowest BCUT2D eigenvalue weighted by Crippen LogP contribution is -2.45. The first-order valence-electron chi connectivity index (χ1n) is 5.98. The Bertz CT molecular complexity index is 437. The summed E-state index contributed by atoms with van der Waals surface area (Å²) in [7, 11) is 1.60. The molecule has 6 heteroatoms. The van der Waals surface area contributed by atoms with Crippen LogP contribution in [0.4, 0.5) is 4.39 Å². The maximum absolute atomic E-state index is 12.7. The molecule has 1 aromatic rings. The smallest absolute Gasteiger partial charge is 0.260 e. The number of hydrogen-bond acceptors (Lipinski definition) is 4. The Morgan fingerprint density at radius 1 is 1.47 bits per heavy atom. The number of aliphatic hydroxyl groups is 1.